The van der Waals surface area contributed by atoms with Crippen LogP contribution < -0.4 is 0 Å². The first-order valence-corrected chi connectivity index (χ1v) is 10.4. The first-order valence-electron chi connectivity index (χ1n) is 7.20. The van der Waals surface area contributed by atoms with Crippen molar-refractivity contribution in [3.63, 3.8) is 0 Å². The predicted octanol–water partition coefficient (Wildman–Crippen LogP) is 5.26. The van der Waals surface area contributed by atoms with Gasteiger partial charge in [-0.1, -0.05) is 25.7 Å². The molecular formula is C15H20INS2. The van der Waals surface area contributed by atoms with Crippen LogP contribution in [0, 0.1) is 3.57 Å². The molecule has 1 fully saturated rings. The summed E-state index contributed by atoms with van der Waals surface area (Å²) in [6.45, 7) is 0. The van der Waals surface area contributed by atoms with Crippen molar-refractivity contribution >= 4 is 46.1 Å². The van der Waals surface area contributed by atoms with Crippen molar-refractivity contribution in [2.45, 2.75) is 60.5 Å². The quantitative estimate of drug-likeness (QED) is 0.547. The van der Waals surface area contributed by atoms with E-state index in [2.05, 4.69) is 58.2 Å². The van der Waals surface area contributed by atoms with E-state index in [0.29, 0.717) is 0 Å². The summed E-state index contributed by atoms with van der Waals surface area (Å²) in [6.07, 6.45) is 8.57. The summed E-state index contributed by atoms with van der Waals surface area (Å²) in [5.74, 6) is 2.21. The van der Waals surface area contributed by atoms with Gasteiger partial charge in [-0.2, -0.15) is 23.5 Å². The number of fused-ring (bicyclic) bond motifs is 3. The minimum absolute atomic E-state index is 0.846. The Bertz CT molecular complexity index is 402. The molecule has 1 unspecified atom stereocenters. The van der Waals surface area contributed by atoms with Crippen LogP contribution in [0.1, 0.15) is 49.9 Å². The fourth-order valence-electron chi connectivity index (χ4n) is 2.94. The van der Waals surface area contributed by atoms with Crippen LogP contribution in [0.25, 0.3) is 0 Å². The number of rotatable bonds is 0. The van der Waals surface area contributed by atoms with E-state index in [-0.39, 0.29) is 0 Å². The molecule has 0 aromatic carbocycles. The van der Waals surface area contributed by atoms with Crippen molar-refractivity contribution in [2.75, 3.05) is 0 Å². The highest BCUT2D eigenvalue weighted by molar-refractivity contribution is 14.1. The second kappa shape index (κ2) is 7.03. The van der Waals surface area contributed by atoms with Gasteiger partial charge in [-0.25, -0.2) is 0 Å². The second-order valence-electron chi connectivity index (χ2n) is 5.46. The maximum Gasteiger partial charge on any atom is 0.0516 e. The van der Waals surface area contributed by atoms with Gasteiger partial charge in [-0.3, -0.25) is 4.98 Å². The minimum atomic E-state index is 0.846. The number of halogens is 1. The summed E-state index contributed by atoms with van der Waals surface area (Å²) < 4.78 is 1.35. The second-order valence-corrected chi connectivity index (χ2v) is 9.16. The average molecular weight is 405 g/mol. The Labute approximate surface area is 138 Å². The normalized spacial score (nSPS) is 28.3. The lowest BCUT2D eigenvalue weighted by Gasteiger charge is -2.27. The number of pyridine rings is 1. The Morgan fingerprint density at radius 1 is 0.895 bits per heavy atom. The molecule has 1 nitrogen and oxygen atoms in total. The molecule has 0 spiro atoms. The molecule has 2 bridgehead atoms. The first-order chi connectivity index (χ1) is 9.31. The van der Waals surface area contributed by atoms with Gasteiger partial charge < -0.3 is 0 Å². The van der Waals surface area contributed by atoms with E-state index >= 15 is 0 Å². The predicted molar refractivity (Wildman–Crippen MR) is 94.8 cm³/mol. The third-order valence-electron chi connectivity index (χ3n) is 3.93. The maximum atomic E-state index is 4.81. The van der Waals surface area contributed by atoms with E-state index in [9.17, 15) is 0 Å². The van der Waals surface area contributed by atoms with Crippen LogP contribution in [-0.4, -0.2) is 15.5 Å². The van der Waals surface area contributed by atoms with Crippen LogP contribution in [0.4, 0.5) is 0 Å². The van der Waals surface area contributed by atoms with Gasteiger partial charge in [0.25, 0.3) is 0 Å². The maximum absolute atomic E-state index is 4.81. The highest BCUT2D eigenvalue weighted by atomic mass is 127. The molecule has 1 aromatic rings. The van der Waals surface area contributed by atoms with Gasteiger partial charge in [-0.15, -0.1) is 0 Å². The standard InChI is InChI=1S/C15H20INS2/c16-11-7-12-9-18-14-5-3-1-2-4-6-15(14)19-10-13(8-11)17-12/h7-8,14-15H,1-6,9-10H2/t14-,15?/m1/s1. The van der Waals surface area contributed by atoms with Gasteiger partial charge >= 0.3 is 0 Å². The van der Waals surface area contributed by atoms with E-state index in [4.69, 9.17) is 4.98 Å². The molecule has 0 saturated heterocycles. The zero-order chi connectivity index (χ0) is 13.1. The van der Waals surface area contributed by atoms with Crippen molar-refractivity contribution in [2.24, 2.45) is 0 Å². The van der Waals surface area contributed by atoms with Crippen LogP contribution in [0.2, 0.25) is 0 Å². The monoisotopic (exact) mass is 405 g/mol. The zero-order valence-corrected chi connectivity index (χ0v) is 14.9. The van der Waals surface area contributed by atoms with Crippen molar-refractivity contribution < 1.29 is 0 Å². The van der Waals surface area contributed by atoms with Crippen LogP contribution in [-0.2, 0) is 11.5 Å². The smallest absolute Gasteiger partial charge is 0.0516 e. The zero-order valence-electron chi connectivity index (χ0n) is 11.1. The Balaban J connectivity index is 1.79. The largest absolute Gasteiger partial charge is 0.256 e. The van der Waals surface area contributed by atoms with Gasteiger partial charge in [0.2, 0.25) is 0 Å². The minimum Gasteiger partial charge on any atom is -0.256 e. The topological polar surface area (TPSA) is 12.9 Å². The Kier molecular flexibility index (Phi) is 5.37. The van der Waals surface area contributed by atoms with Gasteiger partial charge in [0, 0.05) is 25.6 Å². The molecule has 0 amide bonds. The van der Waals surface area contributed by atoms with Crippen molar-refractivity contribution in [1.29, 1.82) is 0 Å². The van der Waals surface area contributed by atoms with Gasteiger partial charge in [0.15, 0.2) is 0 Å². The van der Waals surface area contributed by atoms with Crippen LogP contribution in [0.5, 0.6) is 0 Å². The summed E-state index contributed by atoms with van der Waals surface area (Å²) in [7, 11) is 0. The van der Waals surface area contributed by atoms with Crippen molar-refractivity contribution in [3.8, 4) is 0 Å². The Morgan fingerprint density at radius 2 is 1.42 bits per heavy atom. The SMILES string of the molecule is Ic1cc2nc(c1)CS[C@@H]1CCCCCCC1SC2. The number of nitrogens with zero attached hydrogens (tertiary/aromatic N) is 1. The van der Waals surface area contributed by atoms with Crippen LogP contribution in [0.15, 0.2) is 12.1 Å². The molecule has 3 rings (SSSR count). The summed E-state index contributed by atoms with van der Waals surface area (Å²) >= 11 is 6.75. The first kappa shape index (κ1) is 14.5. The number of hydrogen-bond donors (Lipinski definition) is 0. The molecule has 104 valence electrons. The molecule has 1 saturated carbocycles. The van der Waals surface area contributed by atoms with Crippen molar-refractivity contribution in [3.05, 3.63) is 27.1 Å². The fraction of sp³-hybridized carbons (Fsp3) is 0.667. The van der Waals surface area contributed by atoms with E-state index in [1.165, 1.54) is 53.5 Å². The molecule has 2 aliphatic rings. The van der Waals surface area contributed by atoms with Gasteiger partial charge in [0.05, 0.1) is 11.4 Å². The number of hydrogen-bond acceptors (Lipinski definition) is 3. The molecule has 1 aromatic heterocycles. The Hall–Kier alpha value is 0.580. The van der Waals surface area contributed by atoms with Gasteiger partial charge in [-0.05, 0) is 47.6 Å². The third-order valence-corrected chi connectivity index (χ3v) is 7.63. The molecule has 0 N–H and O–H groups in total. The summed E-state index contributed by atoms with van der Waals surface area (Å²) in [5.41, 5.74) is 2.57. The van der Waals surface area contributed by atoms with E-state index in [1.54, 1.807) is 0 Å². The van der Waals surface area contributed by atoms with Gasteiger partial charge in [0.1, 0.15) is 0 Å². The fourth-order valence-corrected chi connectivity index (χ4v) is 6.56. The lowest BCUT2D eigenvalue weighted by molar-refractivity contribution is 0.521. The molecule has 19 heavy (non-hydrogen) atoms. The number of thioether (sulfide) groups is 2. The van der Waals surface area contributed by atoms with E-state index < -0.39 is 0 Å². The molecule has 0 radical (unpaired) electrons. The third kappa shape index (κ3) is 4.03. The molecule has 2 atom stereocenters. The molecule has 1 aliphatic carbocycles. The molecular weight excluding hydrogens is 385 g/mol. The molecule has 4 heteroatoms. The Morgan fingerprint density at radius 3 is 1.95 bits per heavy atom. The van der Waals surface area contributed by atoms with Crippen LogP contribution in [0.3, 0.4) is 0 Å². The lowest BCUT2D eigenvalue weighted by atomic mass is 10.00. The van der Waals surface area contributed by atoms with Crippen molar-refractivity contribution in [1.82, 2.24) is 4.98 Å². The summed E-state index contributed by atoms with van der Waals surface area (Å²) in [6, 6.07) is 4.51. The van der Waals surface area contributed by atoms with Crippen LogP contribution >= 0.6 is 46.1 Å². The van der Waals surface area contributed by atoms with E-state index in [0.717, 1.165) is 22.0 Å². The molecule has 1 aliphatic heterocycles. The summed E-state index contributed by atoms with van der Waals surface area (Å²) in [4.78, 5) is 4.81. The lowest BCUT2D eigenvalue weighted by Crippen LogP contribution is -2.22. The number of aromatic nitrogens is 1. The van der Waals surface area contributed by atoms with E-state index in [1.807, 2.05) is 0 Å². The molecule has 2 heterocycles. The highest BCUT2D eigenvalue weighted by Crippen LogP contribution is 2.38. The average Bonchev–Trinajstić information content (AvgIpc) is 2.40. The summed E-state index contributed by atoms with van der Waals surface area (Å²) in [5, 5.41) is 1.69. The highest BCUT2D eigenvalue weighted by Gasteiger charge is 2.25.